The first-order valence-corrected chi connectivity index (χ1v) is 6.94. The molecule has 1 aliphatic rings. The largest absolute Gasteiger partial charge is 0.489 e. The van der Waals surface area contributed by atoms with Crippen molar-refractivity contribution >= 4 is 15.9 Å². The van der Waals surface area contributed by atoms with E-state index in [9.17, 15) is 4.39 Å². The Morgan fingerprint density at radius 2 is 2.17 bits per heavy atom. The van der Waals surface area contributed by atoms with E-state index in [2.05, 4.69) is 21.2 Å². The normalized spacial score (nSPS) is 16.8. The van der Waals surface area contributed by atoms with E-state index in [0.717, 1.165) is 32.6 Å². The first-order valence-electron chi connectivity index (χ1n) is 6.14. The fourth-order valence-corrected chi connectivity index (χ4v) is 2.25. The van der Waals surface area contributed by atoms with Gasteiger partial charge in [0.25, 0.3) is 0 Å². The third-order valence-electron chi connectivity index (χ3n) is 2.91. The third kappa shape index (κ3) is 4.23. The van der Waals surface area contributed by atoms with Crippen LogP contribution in [0.4, 0.5) is 4.39 Å². The van der Waals surface area contributed by atoms with Crippen LogP contribution >= 0.6 is 15.9 Å². The van der Waals surface area contributed by atoms with Gasteiger partial charge in [0.05, 0.1) is 0 Å². The molecular weight excluding hydrogens is 301 g/mol. The number of ether oxygens (including phenoxy) is 2. The molecule has 0 atom stereocenters. The van der Waals surface area contributed by atoms with Crippen molar-refractivity contribution in [3.8, 4) is 5.75 Å². The molecule has 2 rings (SSSR count). The highest BCUT2D eigenvalue weighted by molar-refractivity contribution is 9.10. The van der Waals surface area contributed by atoms with Crippen LogP contribution in [0.15, 0.2) is 22.7 Å². The Kier molecular flexibility index (Phi) is 5.41. The standard InChI is InChI=1S/C13H17BrFNO2/c14-10-1-2-13(12(15)9-10)18-8-5-16-11-3-6-17-7-4-11/h1-2,9,11,16H,3-8H2. The van der Waals surface area contributed by atoms with Gasteiger partial charge in [-0.1, -0.05) is 15.9 Å². The van der Waals surface area contributed by atoms with Gasteiger partial charge in [-0.2, -0.15) is 0 Å². The zero-order valence-electron chi connectivity index (χ0n) is 10.1. The maximum Gasteiger partial charge on any atom is 0.166 e. The second-order valence-corrected chi connectivity index (χ2v) is 5.18. The molecule has 0 aliphatic carbocycles. The summed E-state index contributed by atoms with van der Waals surface area (Å²) in [6.45, 7) is 2.83. The van der Waals surface area contributed by atoms with Gasteiger partial charge in [-0.15, -0.1) is 0 Å². The molecule has 5 heteroatoms. The Bertz CT molecular complexity index is 383. The summed E-state index contributed by atoms with van der Waals surface area (Å²) in [5.74, 6) is -0.0394. The van der Waals surface area contributed by atoms with Gasteiger partial charge in [0.15, 0.2) is 11.6 Å². The maximum atomic E-state index is 13.4. The van der Waals surface area contributed by atoms with Crippen LogP contribution in [0.3, 0.4) is 0 Å². The van der Waals surface area contributed by atoms with Crippen LogP contribution < -0.4 is 10.1 Å². The predicted molar refractivity (Wildman–Crippen MR) is 71.4 cm³/mol. The highest BCUT2D eigenvalue weighted by Gasteiger charge is 2.12. The quantitative estimate of drug-likeness (QED) is 0.847. The van der Waals surface area contributed by atoms with Gasteiger partial charge in [0.2, 0.25) is 0 Å². The summed E-state index contributed by atoms with van der Waals surface area (Å²) in [5.41, 5.74) is 0. The second-order valence-electron chi connectivity index (χ2n) is 4.26. The zero-order chi connectivity index (χ0) is 12.8. The molecule has 1 aromatic rings. The van der Waals surface area contributed by atoms with Gasteiger partial charge in [-0.3, -0.25) is 0 Å². The van der Waals surface area contributed by atoms with Crippen molar-refractivity contribution in [2.24, 2.45) is 0 Å². The van der Waals surface area contributed by atoms with Crippen LogP contribution in [-0.4, -0.2) is 32.4 Å². The summed E-state index contributed by atoms with van der Waals surface area (Å²) in [6, 6.07) is 5.30. The summed E-state index contributed by atoms with van der Waals surface area (Å²) in [7, 11) is 0. The number of hydrogen-bond donors (Lipinski definition) is 1. The Morgan fingerprint density at radius 3 is 2.89 bits per heavy atom. The van der Waals surface area contributed by atoms with E-state index in [0.29, 0.717) is 22.9 Å². The first kappa shape index (κ1) is 13.8. The zero-order valence-corrected chi connectivity index (χ0v) is 11.7. The van der Waals surface area contributed by atoms with Crippen LogP contribution in [0.5, 0.6) is 5.75 Å². The minimum Gasteiger partial charge on any atom is -0.489 e. The number of hydrogen-bond acceptors (Lipinski definition) is 3. The summed E-state index contributed by atoms with van der Waals surface area (Å²) in [4.78, 5) is 0. The number of halogens is 2. The molecule has 0 radical (unpaired) electrons. The van der Waals surface area contributed by atoms with Gasteiger partial charge in [-0.25, -0.2) is 4.39 Å². The van der Waals surface area contributed by atoms with Gasteiger partial charge >= 0.3 is 0 Å². The lowest BCUT2D eigenvalue weighted by Crippen LogP contribution is -2.37. The van der Waals surface area contributed by atoms with Crippen molar-refractivity contribution in [1.82, 2.24) is 5.32 Å². The van der Waals surface area contributed by atoms with Crippen LogP contribution in [0.25, 0.3) is 0 Å². The van der Waals surface area contributed by atoms with Crippen LogP contribution in [0.2, 0.25) is 0 Å². The lowest BCUT2D eigenvalue weighted by Gasteiger charge is -2.23. The topological polar surface area (TPSA) is 30.5 Å². The van der Waals surface area contributed by atoms with E-state index >= 15 is 0 Å². The van der Waals surface area contributed by atoms with Crippen LogP contribution in [-0.2, 0) is 4.74 Å². The molecule has 1 fully saturated rings. The van der Waals surface area contributed by atoms with E-state index in [1.54, 1.807) is 12.1 Å². The average Bonchev–Trinajstić information content (AvgIpc) is 2.38. The summed E-state index contributed by atoms with van der Waals surface area (Å²) in [5, 5.41) is 3.39. The molecular formula is C13H17BrFNO2. The fraction of sp³-hybridized carbons (Fsp3) is 0.538. The van der Waals surface area contributed by atoms with Crippen LogP contribution in [0, 0.1) is 5.82 Å². The molecule has 0 amide bonds. The van der Waals surface area contributed by atoms with Crippen molar-refractivity contribution in [2.75, 3.05) is 26.4 Å². The predicted octanol–water partition coefficient (Wildman–Crippen LogP) is 2.74. The van der Waals surface area contributed by atoms with Crippen molar-refractivity contribution in [3.05, 3.63) is 28.5 Å². The van der Waals surface area contributed by atoms with Gasteiger partial charge in [-0.05, 0) is 31.0 Å². The van der Waals surface area contributed by atoms with E-state index in [4.69, 9.17) is 9.47 Å². The molecule has 3 nitrogen and oxygen atoms in total. The molecule has 0 aromatic heterocycles. The molecule has 0 spiro atoms. The fourth-order valence-electron chi connectivity index (χ4n) is 1.92. The Balaban J connectivity index is 1.68. The Labute approximate surface area is 115 Å². The minimum absolute atomic E-state index is 0.298. The Morgan fingerprint density at radius 1 is 1.39 bits per heavy atom. The summed E-state index contributed by atoms with van der Waals surface area (Å²) in [6.07, 6.45) is 2.07. The van der Waals surface area contributed by atoms with Crippen molar-refractivity contribution < 1.29 is 13.9 Å². The second kappa shape index (κ2) is 7.07. The molecule has 1 N–H and O–H groups in total. The smallest absolute Gasteiger partial charge is 0.166 e. The molecule has 1 aromatic carbocycles. The van der Waals surface area contributed by atoms with Gasteiger partial charge in [0.1, 0.15) is 6.61 Å². The monoisotopic (exact) mass is 317 g/mol. The van der Waals surface area contributed by atoms with E-state index < -0.39 is 0 Å². The first-order chi connectivity index (χ1) is 8.75. The molecule has 1 heterocycles. The summed E-state index contributed by atoms with van der Waals surface area (Å²) < 4.78 is 24.8. The highest BCUT2D eigenvalue weighted by atomic mass is 79.9. The van der Waals surface area contributed by atoms with Crippen molar-refractivity contribution in [1.29, 1.82) is 0 Å². The third-order valence-corrected chi connectivity index (χ3v) is 3.40. The van der Waals surface area contributed by atoms with Gasteiger partial charge in [0, 0.05) is 30.3 Å². The van der Waals surface area contributed by atoms with E-state index in [-0.39, 0.29) is 5.82 Å². The lowest BCUT2D eigenvalue weighted by atomic mass is 10.1. The molecule has 1 saturated heterocycles. The van der Waals surface area contributed by atoms with Gasteiger partial charge < -0.3 is 14.8 Å². The number of rotatable bonds is 5. The van der Waals surface area contributed by atoms with Crippen molar-refractivity contribution in [2.45, 2.75) is 18.9 Å². The number of nitrogens with one attached hydrogen (secondary N) is 1. The van der Waals surface area contributed by atoms with E-state index in [1.165, 1.54) is 6.07 Å². The molecule has 100 valence electrons. The minimum atomic E-state index is -0.338. The summed E-state index contributed by atoms with van der Waals surface area (Å²) >= 11 is 3.21. The van der Waals surface area contributed by atoms with E-state index in [1.807, 2.05) is 0 Å². The molecule has 1 aliphatic heterocycles. The Hall–Kier alpha value is -0.650. The lowest BCUT2D eigenvalue weighted by molar-refractivity contribution is 0.0770. The molecule has 0 bridgehead atoms. The maximum absolute atomic E-state index is 13.4. The molecule has 18 heavy (non-hydrogen) atoms. The van der Waals surface area contributed by atoms with Crippen LogP contribution in [0.1, 0.15) is 12.8 Å². The molecule has 0 saturated carbocycles. The number of benzene rings is 1. The SMILES string of the molecule is Fc1cc(Br)ccc1OCCNC1CCOCC1. The van der Waals surface area contributed by atoms with Crippen molar-refractivity contribution in [3.63, 3.8) is 0 Å². The highest BCUT2D eigenvalue weighted by Crippen LogP contribution is 2.21. The molecule has 0 unspecified atom stereocenters. The average molecular weight is 318 g/mol.